The number of anilines is 1. The topological polar surface area (TPSA) is 61.4 Å². The third-order valence-corrected chi connectivity index (χ3v) is 4.44. The standard InChI is InChI=1S/C21H28N2O2/c1-15-8-7-11-20(17(15)3)23-21(25)12-16(2)22-19(14-24)13-18-9-5-4-6-10-18/h4-11,16,19,22,24H,12-14H2,1-3H3,(H,23,25)/t16-,19+/m0/s1. The van der Waals surface area contributed by atoms with E-state index in [1.807, 2.05) is 69.3 Å². The van der Waals surface area contributed by atoms with Gasteiger partial charge in [0.25, 0.3) is 0 Å². The van der Waals surface area contributed by atoms with Crippen LogP contribution < -0.4 is 10.6 Å². The fourth-order valence-corrected chi connectivity index (χ4v) is 2.90. The molecule has 2 rings (SSSR count). The zero-order valence-electron chi connectivity index (χ0n) is 15.3. The van der Waals surface area contributed by atoms with Crippen molar-refractivity contribution in [2.45, 2.75) is 45.7 Å². The molecule has 0 fully saturated rings. The number of carbonyl (C=O) groups is 1. The maximum atomic E-state index is 12.3. The van der Waals surface area contributed by atoms with Gasteiger partial charge in [-0.2, -0.15) is 0 Å². The van der Waals surface area contributed by atoms with Gasteiger partial charge in [-0.3, -0.25) is 4.79 Å². The van der Waals surface area contributed by atoms with Crippen molar-refractivity contribution < 1.29 is 9.90 Å². The fourth-order valence-electron chi connectivity index (χ4n) is 2.90. The van der Waals surface area contributed by atoms with E-state index in [1.165, 1.54) is 5.56 Å². The van der Waals surface area contributed by atoms with E-state index in [1.54, 1.807) is 0 Å². The first-order chi connectivity index (χ1) is 12.0. The zero-order valence-corrected chi connectivity index (χ0v) is 15.3. The van der Waals surface area contributed by atoms with Crippen molar-refractivity contribution in [3.8, 4) is 0 Å². The molecule has 0 aromatic heterocycles. The smallest absolute Gasteiger partial charge is 0.225 e. The van der Waals surface area contributed by atoms with Crippen LogP contribution in [-0.2, 0) is 11.2 Å². The van der Waals surface area contributed by atoms with Gasteiger partial charge < -0.3 is 15.7 Å². The van der Waals surface area contributed by atoms with E-state index < -0.39 is 0 Å². The first-order valence-electron chi connectivity index (χ1n) is 8.76. The lowest BCUT2D eigenvalue weighted by atomic mass is 10.0. The summed E-state index contributed by atoms with van der Waals surface area (Å²) in [5.74, 6) is -0.0231. The lowest BCUT2D eigenvalue weighted by Gasteiger charge is -2.22. The van der Waals surface area contributed by atoms with Gasteiger partial charge in [-0.05, 0) is 49.9 Å². The molecule has 0 saturated carbocycles. The van der Waals surface area contributed by atoms with Crippen molar-refractivity contribution >= 4 is 11.6 Å². The molecule has 0 saturated heterocycles. The molecular weight excluding hydrogens is 312 g/mol. The molecule has 2 aromatic carbocycles. The molecule has 2 atom stereocenters. The van der Waals surface area contributed by atoms with Gasteiger partial charge in [0.15, 0.2) is 0 Å². The Balaban J connectivity index is 1.86. The van der Waals surface area contributed by atoms with Crippen molar-refractivity contribution in [2.75, 3.05) is 11.9 Å². The van der Waals surface area contributed by atoms with Crippen LogP contribution in [0.15, 0.2) is 48.5 Å². The van der Waals surface area contributed by atoms with E-state index in [0.717, 1.165) is 23.2 Å². The normalized spacial score (nSPS) is 13.3. The summed E-state index contributed by atoms with van der Waals surface area (Å²) in [6, 6.07) is 15.9. The van der Waals surface area contributed by atoms with Crippen LogP contribution >= 0.6 is 0 Å². The minimum Gasteiger partial charge on any atom is -0.395 e. The lowest BCUT2D eigenvalue weighted by molar-refractivity contribution is -0.116. The first-order valence-corrected chi connectivity index (χ1v) is 8.76. The largest absolute Gasteiger partial charge is 0.395 e. The molecule has 25 heavy (non-hydrogen) atoms. The molecule has 0 aliphatic carbocycles. The summed E-state index contributed by atoms with van der Waals surface area (Å²) >= 11 is 0. The molecular formula is C21H28N2O2. The maximum absolute atomic E-state index is 12.3. The number of amides is 1. The summed E-state index contributed by atoms with van der Waals surface area (Å²) in [6.45, 7) is 6.05. The Morgan fingerprint density at radius 1 is 1.08 bits per heavy atom. The molecule has 0 unspecified atom stereocenters. The van der Waals surface area contributed by atoms with Crippen LogP contribution in [0.1, 0.15) is 30.0 Å². The minimum atomic E-state index is -0.0640. The van der Waals surface area contributed by atoms with Gasteiger partial charge in [0.2, 0.25) is 5.91 Å². The van der Waals surface area contributed by atoms with E-state index >= 15 is 0 Å². The number of rotatable bonds is 8. The molecule has 0 aliphatic rings. The molecule has 0 bridgehead atoms. The highest BCUT2D eigenvalue weighted by Gasteiger charge is 2.15. The zero-order chi connectivity index (χ0) is 18.2. The van der Waals surface area contributed by atoms with Gasteiger partial charge >= 0.3 is 0 Å². The number of aliphatic hydroxyl groups is 1. The third kappa shape index (κ3) is 6.00. The Bertz CT molecular complexity index is 686. The Kier molecular flexibility index (Phi) is 7.16. The van der Waals surface area contributed by atoms with E-state index in [-0.39, 0.29) is 24.6 Å². The number of hydrogen-bond donors (Lipinski definition) is 3. The average Bonchev–Trinajstić information content (AvgIpc) is 2.59. The maximum Gasteiger partial charge on any atom is 0.225 e. The van der Waals surface area contributed by atoms with Gasteiger partial charge in [0.05, 0.1) is 6.61 Å². The van der Waals surface area contributed by atoms with E-state index in [0.29, 0.717) is 6.42 Å². The Hall–Kier alpha value is -2.17. The molecule has 2 aromatic rings. The van der Waals surface area contributed by atoms with Gasteiger partial charge in [0, 0.05) is 24.2 Å². The van der Waals surface area contributed by atoms with Crippen LogP contribution in [0.5, 0.6) is 0 Å². The monoisotopic (exact) mass is 340 g/mol. The van der Waals surface area contributed by atoms with E-state index in [9.17, 15) is 9.90 Å². The fraction of sp³-hybridized carbons (Fsp3) is 0.381. The molecule has 134 valence electrons. The number of aliphatic hydroxyl groups excluding tert-OH is 1. The molecule has 1 amide bonds. The number of carbonyl (C=O) groups excluding carboxylic acids is 1. The van der Waals surface area contributed by atoms with Crippen molar-refractivity contribution in [1.82, 2.24) is 5.32 Å². The number of hydrogen-bond acceptors (Lipinski definition) is 3. The van der Waals surface area contributed by atoms with Gasteiger partial charge in [-0.25, -0.2) is 0 Å². The Morgan fingerprint density at radius 2 is 1.80 bits per heavy atom. The molecule has 4 heteroatoms. The summed E-state index contributed by atoms with van der Waals surface area (Å²) in [6.07, 6.45) is 1.10. The SMILES string of the molecule is Cc1cccc(NC(=O)C[C@H](C)N[C@@H](CO)Cc2ccccc2)c1C. The van der Waals surface area contributed by atoms with Crippen LogP contribution in [-0.4, -0.2) is 29.7 Å². The Morgan fingerprint density at radius 3 is 2.48 bits per heavy atom. The van der Waals surface area contributed by atoms with Crippen LogP contribution in [0.25, 0.3) is 0 Å². The molecule has 4 nitrogen and oxygen atoms in total. The first kappa shape index (κ1) is 19.2. The molecule has 0 spiro atoms. The van der Waals surface area contributed by atoms with Gasteiger partial charge in [-0.1, -0.05) is 42.5 Å². The quantitative estimate of drug-likeness (QED) is 0.691. The second kappa shape index (κ2) is 9.35. The predicted molar refractivity (Wildman–Crippen MR) is 103 cm³/mol. The third-order valence-electron chi connectivity index (χ3n) is 4.44. The summed E-state index contributed by atoms with van der Waals surface area (Å²) in [5.41, 5.74) is 4.28. The predicted octanol–water partition coefficient (Wildman–Crippen LogP) is 3.21. The van der Waals surface area contributed by atoms with E-state index in [4.69, 9.17) is 0 Å². The van der Waals surface area contributed by atoms with Gasteiger partial charge in [-0.15, -0.1) is 0 Å². The number of aryl methyl sites for hydroxylation is 1. The van der Waals surface area contributed by atoms with Gasteiger partial charge in [0.1, 0.15) is 0 Å². The summed E-state index contributed by atoms with van der Waals surface area (Å²) < 4.78 is 0. The number of benzene rings is 2. The van der Waals surface area contributed by atoms with Crippen molar-refractivity contribution in [2.24, 2.45) is 0 Å². The molecule has 0 heterocycles. The van der Waals surface area contributed by atoms with Crippen molar-refractivity contribution in [3.05, 3.63) is 65.2 Å². The van der Waals surface area contributed by atoms with E-state index in [2.05, 4.69) is 10.6 Å². The van der Waals surface area contributed by atoms with Crippen LogP contribution in [0.3, 0.4) is 0 Å². The Labute approximate surface area is 150 Å². The van der Waals surface area contributed by atoms with Crippen LogP contribution in [0.4, 0.5) is 5.69 Å². The highest BCUT2D eigenvalue weighted by molar-refractivity contribution is 5.92. The van der Waals surface area contributed by atoms with Crippen molar-refractivity contribution in [3.63, 3.8) is 0 Å². The highest BCUT2D eigenvalue weighted by Crippen LogP contribution is 2.18. The molecule has 0 radical (unpaired) electrons. The summed E-state index contributed by atoms with van der Waals surface area (Å²) in [7, 11) is 0. The lowest BCUT2D eigenvalue weighted by Crippen LogP contribution is -2.42. The highest BCUT2D eigenvalue weighted by atomic mass is 16.3. The second-order valence-corrected chi connectivity index (χ2v) is 6.64. The summed E-state index contributed by atoms with van der Waals surface area (Å²) in [5, 5.41) is 15.9. The van der Waals surface area contributed by atoms with Crippen LogP contribution in [0, 0.1) is 13.8 Å². The second-order valence-electron chi connectivity index (χ2n) is 6.64. The number of nitrogens with one attached hydrogen (secondary N) is 2. The molecule has 3 N–H and O–H groups in total. The van der Waals surface area contributed by atoms with Crippen molar-refractivity contribution in [1.29, 1.82) is 0 Å². The average molecular weight is 340 g/mol. The molecule has 0 aliphatic heterocycles. The minimum absolute atomic E-state index is 0.0222. The van der Waals surface area contributed by atoms with Crippen LogP contribution in [0.2, 0.25) is 0 Å². The summed E-state index contributed by atoms with van der Waals surface area (Å²) in [4.78, 5) is 12.3.